The molecule has 0 bridgehead atoms. The molecule has 4 atom stereocenters. The van der Waals surface area contributed by atoms with Crippen LogP contribution >= 0.6 is 23.2 Å². The van der Waals surface area contributed by atoms with Crippen molar-refractivity contribution in [3.05, 3.63) is 236 Å². The van der Waals surface area contributed by atoms with E-state index in [2.05, 4.69) is 10.6 Å². The van der Waals surface area contributed by atoms with Gasteiger partial charge in [0.15, 0.2) is 0 Å². The van der Waals surface area contributed by atoms with Crippen LogP contribution < -0.4 is 10.6 Å². The van der Waals surface area contributed by atoms with Crippen LogP contribution in [0.2, 0.25) is 10.0 Å². The van der Waals surface area contributed by atoms with Crippen LogP contribution in [0.1, 0.15) is 79.1 Å². The summed E-state index contributed by atoms with van der Waals surface area (Å²) in [6.45, 7) is 0. The molecule has 2 amide bonds. The van der Waals surface area contributed by atoms with Gasteiger partial charge in [-0.2, -0.15) is 26.3 Å². The zero-order valence-corrected chi connectivity index (χ0v) is 41.0. The lowest BCUT2D eigenvalue weighted by Gasteiger charge is -2.30. The van der Waals surface area contributed by atoms with Gasteiger partial charge < -0.3 is 20.1 Å². The molecular weight excluding hydrogens is 1040 g/mol. The van der Waals surface area contributed by atoms with E-state index in [1.165, 1.54) is 60.7 Å². The molecule has 0 aromatic heterocycles. The summed E-state index contributed by atoms with van der Waals surface area (Å²) in [5, 5.41) is 8.40. The average molecular weight is 1090 g/mol. The first-order chi connectivity index (χ1) is 36.2. The Balaban J connectivity index is 1.08. The second-order valence-electron chi connectivity index (χ2n) is 17.7. The number of amides is 2. The van der Waals surface area contributed by atoms with Crippen molar-refractivity contribution in [2.45, 2.75) is 62.3 Å². The summed E-state index contributed by atoms with van der Waals surface area (Å²) >= 11 is 12.9. The molecule has 390 valence electrons. The minimum Gasteiger partial charge on any atom is -0.455 e. The van der Waals surface area contributed by atoms with Gasteiger partial charge in [0, 0.05) is 31.9 Å². The minimum atomic E-state index is -4.66. The molecule has 8 nitrogen and oxygen atoms in total. The fourth-order valence-corrected chi connectivity index (χ4v) is 9.22. The highest BCUT2D eigenvalue weighted by atomic mass is 35.5. The molecule has 8 aromatic rings. The Morgan fingerprint density at radius 3 is 1.11 bits per heavy atom. The molecule has 0 saturated carbocycles. The van der Waals surface area contributed by atoms with E-state index in [1.54, 1.807) is 60.7 Å². The van der Waals surface area contributed by atoms with Gasteiger partial charge in [-0.05, 0) is 119 Å². The van der Waals surface area contributed by atoms with Gasteiger partial charge in [-0.3, -0.25) is 19.2 Å². The SMILES string of the molecule is O=C(CCC(=O)OC(c1ccc(F)cc1)C(Cc1ccc(C(F)(F)F)cc1)NC(=O)c1cccc2c(Cl)cccc12)OC(c1ccc(F)cc1)C(Cc1ccc(C(F)(F)F)cc1)NC(=O)c1cccc2c(Cl)cccc12. The number of halogens is 10. The second kappa shape index (κ2) is 23.4. The minimum absolute atomic E-state index is 0.148. The number of benzene rings is 8. The van der Waals surface area contributed by atoms with Gasteiger partial charge in [0.2, 0.25) is 0 Å². The zero-order chi connectivity index (χ0) is 54.3. The van der Waals surface area contributed by atoms with Gasteiger partial charge in [-0.1, -0.05) is 120 Å². The predicted molar refractivity (Wildman–Crippen MR) is 270 cm³/mol. The normalized spacial score (nSPS) is 13.3. The molecule has 0 aliphatic carbocycles. The Hall–Kier alpha value is -7.82. The van der Waals surface area contributed by atoms with Gasteiger partial charge in [-0.25, -0.2) is 8.78 Å². The Kier molecular flexibility index (Phi) is 16.7. The largest absolute Gasteiger partial charge is 0.455 e. The fraction of sp³-hybridized carbons (Fsp3) is 0.172. The van der Waals surface area contributed by atoms with Gasteiger partial charge in [0.05, 0.1) is 36.1 Å². The molecule has 0 fully saturated rings. The smallest absolute Gasteiger partial charge is 0.416 e. The summed E-state index contributed by atoms with van der Waals surface area (Å²) < 4.78 is 123. The van der Waals surface area contributed by atoms with Crippen molar-refractivity contribution in [2.24, 2.45) is 0 Å². The highest BCUT2D eigenvalue weighted by Crippen LogP contribution is 2.34. The third kappa shape index (κ3) is 13.3. The molecule has 8 rings (SSSR count). The van der Waals surface area contributed by atoms with E-state index in [0.29, 0.717) is 31.6 Å². The van der Waals surface area contributed by atoms with Crippen LogP contribution in [0, 0.1) is 11.6 Å². The molecule has 0 saturated heterocycles. The number of hydrogen-bond acceptors (Lipinski definition) is 6. The molecule has 0 spiro atoms. The van der Waals surface area contributed by atoms with Gasteiger partial charge in [-0.15, -0.1) is 0 Å². The van der Waals surface area contributed by atoms with Gasteiger partial charge in [0.1, 0.15) is 23.8 Å². The number of carbonyl (C=O) groups is 4. The van der Waals surface area contributed by atoms with E-state index in [-0.39, 0.29) is 46.2 Å². The lowest BCUT2D eigenvalue weighted by molar-refractivity contribution is -0.158. The third-order valence-electron chi connectivity index (χ3n) is 12.5. The first kappa shape index (κ1) is 54.4. The van der Waals surface area contributed by atoms with Crippen LogP contribution in [0.5, 0.6) is 0 Å². The molecule has 2 N–H and O–H groups in total. The maximum Gasteiger partial charge on any atom is 0.416 e. The number of alkyl halides is 6. The van der Waals surface area contributed by atoms with Crippen LogP contribution in [-0.2, 0) is 44.3 Å². The lowest BCUT2D eigenvalue weighted by Crippen LogP contribution is -2.43. The second-order valence-corrected chi connectivity index (χ2v) is 18.5. The van der Waals surface area contributed by atoms with Crippen molar-refractivity contribution in [3.63, 3.8) is 0 Å². The molecular formula is C58H42Cl2F8N2O6. The van der Waals surface area contributed by atoms with Crippen molar-refractivity contribution in [1.29, 1.82) is 0 Å². The highest BCUT2D eigenvalue weighted by molar-refractivity contribution is 6.36. The topological polar surface area (TPSA) is 111 Å². The summed E-state index contributed by atoms with van der Waals surface area (Å²) in [4.78, 5) is 56.6. The van der Waals surface area contributed by atoms with E-state index >= 15 is 0 Å². The van der Waals surface area contributed by atoms with Crippen LogP contribution in [0.25, 0.3) is 21.5 Å². The van der Waals surface area contributed by atoms with E-state index in [4.69, 9.17) is 32.7 Å². The monoisotopic (exact) mass is 1080 g/mol. The van der Waals surface area contributed by atoms with Crippen molar-refractivity contribution in [2.75, 3.05) is 0 Å². The number of nitrogens with one attached hydrogen (secondary N) is 2. The predicted octanol–water partition coefficient (Wildman–Crippen LogP) is 14.3. The first-order valence-corrected chi connectivity index (χ1v) is 24.2. The molecule has 18 heteroatoms. The summed E-state index contributed by atoms with van der Waals surface area (Å²) in [6.07, 6.45) is -14.1. The Labute approximate surface area is 439 Å². The Bertz CT molecular complexity index is 3170. The Morgan fingerprint density at radius 2 is 0.763 bits per heavy atom. The number of fused-ring (bicyclic) bond motifs is 2. The first-order valence-electron chi connectivity index (χ1n) is 23.4. The van der Waals surface area contributed by atoms with Gasteiger partial charge in [0.25, 0.3) is 11.8 Å². The zero-order valence-electron chi connectivity index (χ0n) is 39.5. The van der Waals surface area contributed by atoms with E-state index < -0.39 is 96.0 Å². The van der Waals surface area contributed by atoms with Crippen LogP contribution in [0.4, 0.5) is 35.1 Å². The van der Waals surface area contributed by atoms with E-state index in [1.807, 2.05) is 0 Å². The molecule has 0 aliphatic heterocycles. The quantitative estimate of drug-likeness (QED) is 0.0694. The molecule has 4 unspecified atom stereocenters. The number of esters is 2. The van der Waals surface area contributed by atoms with Crippen molar-refractivity contribution >= 4 is 68.5 Å². The molecule has 0 heterocycles. The molecule has 8 aromatic carbocycles. The van der Waals surface area contributed by atoms with Gasteiger partial charge >= 0.3 is 24.3 Å². The third-order valence-corrected chi connectivity index (χ3v) is 13.2. The van der Waals surface area contributed by atoms with Crippen molar-refractivity contribution in [3.8, 4) is 0 Å². The van der Waals surface area contributed by atoms with E-state index in [0.717, 1.165) is 48.5 Å². The van der Waals surface area contributed by atoms with Crippen LogP contribution in [-0.4, -0.2) is 35.8 Å². The number of carbonyl (C=O) groups excluding carboxylic acids is 4. The Morgan fingerprint density at radius 1 is 0.434 bits per heavy atom. The van der Waals surface area contributed by atoms with E-state index in [9.17, 15) is 54.3 Å². The lowest BCUT2D eigenvalue weighted by atomic mass is 9.94. The molecule has 76 heavy (non-hydrogen) atoms. The number of hydrogen-bond donors (Lipinski definition) is 2. The average Bonchev–Trinajstić information content (AvgIpc) is 3.39. The summed E-state index contributed by atoms with van der Waals surface area (Å²) in [7, 11) is 0. The fourth-order valence-electron chi connectivity index (χ4n) is 8.74. The maximum atomic E-state index is 14.4. The summed E-state index contributed by atoms with van der Waals surface area (Å²) in [6, 6.07) is 34.6. The number of ether oxygens (including phenoxy) is 2. The van der Waals surface area contributed by atoms with Crippen molar-refractivity contribution < 1.29 is 63.8 Å². The summed E-state index contributed by atoms with van der Waals surface area (Å²) in [5.41, 5.74) is -0.723. The maximum absolute atomic E-state index is 14.4. The van der Waals surface area contributed by atoms with Crippen LogP contribution in [0.15, 0.2) is 170 Å². The molecule has 0 aliphatic rings. The standard InChI is InChI=1S/C58H42Cl2F8N2O6/c59-47-11-3-5-41-43(47)7-1-9-45(41)55(73)69-49(31-33-13-21-37(22-14-33)57(63,64)65)53(35-17-25-39(61)26-18-35)75-51(71)29-30-52(72)76-54(36-19-27-40(62)28-20-36)50(32-34-15-23-38(24-16-34)58(66,67)68)70-56(74)46-10-2-8-44-42(46)6-4-12-48(44)60/h1-28,49-50,53-54H,29-32H2,(H,69,73)(H,70,74). The number of rotatable bonds is 17. The van der Waals surface area contributed by atoms with Crippen molar-refractivity contribution in [1.82, 2.24) is 10.6 Å². The summed E-state index contributed by atoms with van der Waals surface area (Å²) in [5.74, 6) is -4.80. The molecule has 0 radical (unpaired) electrons. The van der Waals surface area contributed by atoms with Crippen LogP contribution in [0.3, 0.4) is 0 Å². The highest BCUT2D eigenvalue weighted by Gasteiger charge is 2.35.